The smallest absolute Gasteiger partial charge is 0.123 e. The van der Waals surface area contributed by atoms with Crippen LogP contribution in [0.15, 0.2) is 24.3 Å². The summed E-state index contributed by atoms with van der Waals surface area (Å²) in [5.74, 6) is -0.380. The van der Waals surface area contributed by atoms with Gasteiger partial charge in [-0.1, -0.05) is 0 Å². The average molecular weight is 316 g/mol. The summed E-state index contributed by atoms with van der Waals surface area (Å²) in [5, 5.41) is 0. The summed E-state index contributed by atoms with van der Waals surface area (Å²) in [5.41, 5.74) is 6.03. The van der Waals surface area contributed by atoms with Crippen molar-refractivity contribution in [3.05, 3.63) is 58.2 Å². The maximum absolute atomic E-state index is 13.5. The lowest BCUT2D eigenvalue weighted by molar-refractivity contribution is 0.625. The fourth-order valence-electron chi connectivity index (χ4n) is 3.76. The Balaban J connectivity index is 1.91. The van der Waals surface area contributed by atoms with Crippen molar-refractivity contribution >= 4 is 11.4 Å². The second-order valence-corrected chi connectivity index (χ2v) is 6.44. The Morgan fingerprint density at radius 1 is 0.652 bits per heavy atom. The summed E-state index contributed by atoms with van der Waals surface area (Å²) < 4.78 is 27.0. The van der Waals surface area contributed by atoms with Crippen molar-refractivity contribution in [2.45, 2.75) is 27.7 Å². The van der Waals surface area contributed by atoms with Gasteiger partial charge in [-0.3, -0.25) is 0 Å². The van der Waals surface area contributed by atoms with E-state index in [9.17, 15) is 8.78 Å². The Bertz CT molecular complexity index is 646. The molecule has 0 bridgehead atoms. The molecule has 3 rings (SSSR count). The molecule has 0 aliphatic carbocycles. The minimum atomic E-state index is -0.190. The van der Waals surface area contributed by atoms with Gasteiger partial charge < -0.3 is 9.80 Å². The third kappa shape index (κ3) is 2.90. The second-order valence-electron chi connectivity index (χ2n) is 6.44. The standard InChI is InChI=1S/C19H22F2N2/c1-12-7-16(20)8-13(2)18(12)22-5-6-23(11-22)19-14(3)9-17(21)10-15(19)4/h7-10H,5-6,11H2,1-4H3. The quantitative estimate of drug-likeness (QED) is 0.806. The molecule has 1 aliphatic rings. The van der Waals surface area contributed by atoms with E-state index < -0.39 is 0 Å². The van der Waals surface area contributed by atoms with Gasteiger partial charge in [0.1, 0.15) is 11.6 Å². The zero-order chi connectivity index (χ0) is 16.7. The molecule has 1 aliphatic heterocycles. The number of halogens is 2. The lowest BCUT2D eigenvalue weighted by Crippen LogP contribution is -2.27. The zero-order valence-electron chi connectivity index (χ0n) is 14.1. The molecule has 4 heteroatoms. The number of nitrogens with zero attached hydrogens (tertiary/aromatic N) is 2. The van der Waals surface area contributed by atoms with Crippen LogP contribution in [-0.2, 0) is 0 Å². The monoisotopic (exact) mass is 316 g/mol. The van der Waals surface area contributed by atoms with E-state index >= 15 is 0 Å². The van der Waals surface area contributed by atoms with Gasteiger partial charge in [-0.25, -0.2) is 8.78 Å². The van der Waals surface area contributed by atoms with Crippen molar-refractivity contribution < 1.29 is 8.78 Å². The Labute approximate surface area is 136 Å². The van der Waals surface area contributed by atoms with Crippen LogP contribution in [0.2, 0.25) is 0 Å². The fraction of sp³-hybridized carbons (Fsp3) is 0.368. The van der Waals surface area contributed by atoms with E-state index in [0.717, 1.165) is 53.4 Å². The van der Waals surface area contributed by atoms with Crippen LogP contribution in [-0.4, -0.2) is 19.8 Å². The minimum Gasteiger partial charge on any atom is -0.352 e. The predicted molar refractivity (Wildman–Crippen MR) is 91.3 cm³/mol. The van der Waals surface area contributed by atoms with Crippen LogP contribution in [0.25, 0.3) is 0 Å². The summed E-state index contributed by atoms with van der Waals surface area (Å²) in [6.07, 6.45) is 0. The van der Waals surface area contributed by atoms with E-state index in [-0.39, 0.29) is 11.6 Å². The van der Waals surface area contributed by atoms with Crippen LogP contribution in [0.5, 0.6) is 0 Å². The SMILES string of the molecule is Cc1cc(F)cc(C)c1N1CCN(c2c(C)cc(F)cc2C)C1. The van der Waals surface area contributed by atoms with Crippen molar-refractivity contribution in [3.63, 3.8) is 0 Å². The lowest BCUT2D eigenvalue weighted by atomic mass is 10.1. The zero-order valence-corrected chi connectivity index (χ0v) is 14.1. The molecule has 1 saturated heterocycles. The van der Waals surface area contributed by atoms with Crippen molar-refractivity contribution in [1.29, 1.82) is 0 Å². The van der Waals surface area contributed by atoms with Gasteiger partial charge in [0, 0.05) is 24.5 Å². The van der Waals surface area contributed by atoms with Crippen molar-refractivity contribution in [1.82, 2.24) is 0 Å². The van der Waals surface area contributed by atoms with E-state index in [0.29, 0.717) is 0 Å². The molecule has 0 amide bonds. The van der Waals surface area contributed by atoms with Gasteiger partial charge in [-0.15, -0.1) is 0 Å². The first-order chi connectivity index (χ1) is 10.9. The Hall–Kier alpha value is -2.10. The first kappa shape index (κ1) is 15.8. The van der Waals surface area contributed by atoms with Gasteiger partial charge in [0.05, 0.1) is 6.67 Å². The van der Waals surface area contributed by atoms with Crippen LogP contribution in [0.3, 0.4) is 0 Å². The van der Waals surface area contributed by atoms with Gasteiger partial charge in [-0.05, 0) is 74.2 Å². The maximum atomic E-state index is 13.5. The highest BCUT2D eigenvalue weighted by Gasteiger charge is 2.25. The summed E-state index contributed by atoms with van der Waals surface area (Å²) in [6.45, 7) is 10.3. The van der Waals surface area contributed by atoms with E-state index in [1.165, 1.54) is 0 Å². The van der Waals surface area contributed by atoms with Crippen LogP contribution >= 0.6 is 0 Å². The average Bonchev–Trinajstić information content (AvgIpc) is 2.85. The minimum absolute atomic E-state index is 0.190. The molecule has 0 radical (unpaired) electrons. The number of hydrogen-bond donors (Lipinski definition) is 0. The van der Waals surface area contributed by atoms with E-state index in [1.807, 2.05) is 27.7 Å². The molecule has 2 nitrogen and oxygen atoms in total. The highest BCUT2D eigenvalue weighted by molar-refractivity contribution is 5.65. The molecule has 0 aromatic heterocycles. The van der Waals surface area contributed by atoms with Gasteiger partial charge in [0.2, 0.25) is 0 Å². The first-order valence-electron chi connectivity index (χ1n) is 7.90. The van der Waals surface area contributed by atoms with Crippen LogP contribution in [0, 0.1) is 39.3 Å². The van der Waals surface area contributed by atoms with Gasteiger partial charge in [0.15, 0.2) is 0 Å². The molecule has 2 aromatic rings. The Kier molecular flexibility index (Phi) is 4.00. The number of anilines is 2. The van der Waals surface area contributed by atoms with Crippen molar-refractivity contribution in [2.24, 2.45) is 0 Å². The second kappa shape index (κ2) is 5.84. The maximum Gasteiger partial charge on any atom is 0.123 e. The van der Waals surface area contributed by atoms with Gasteiger partial charge >= 0.3 is 0 Å². The normalized spacial score (nSPS) is 14.7. The molecule has 0 N–H and O–H groups in total. The fourth-order valence-corrected chi connectivity index (χ4v) is 3.76. The highest BCUT2D eigenvalue weighted by Crippen LogP contribution is 2.32. The highest BCUT2D eigenvalue weighted by atomic mass is 19.1. The molecule has 1 fully saturated rings. The third-order valence-electron chi connectivity index (χ3n) is 4.53. The number of aryl methyl sites for hydroxylation is 4. The Morgan fingerprint density at radius 3 is 1.26 bits per heavy atom. The first-order valence-corrected chi connectivity index (χ1v) is 7.90. The predicted octanol–water partition coefficient (Wildman–Crippen LogP) is 4.48. The van der Waals surface area contributed by atoms with Crippen LogP contribution in [0.1, 0.15) is 22.3 Å². The van der Waals surface area contributed by atoms with Crippen LogP contribution < -0.4 is 9.80 Å². The molecular weight excluding hydrogens is 294 g/mol. The molecule has 122 valence electrons. The molecule has 0 saturated carbocycles. The van der Waals surface area contributed by atoms with E-state index in [2.05, 4.69) is 9.80 Å². The largest absolute Gasteiger partial charge is 0.352 e. The molecule has 0 spiro atoms. The summed E-state index contributed by atoms with van der Waals surface area (Å²) in [4.78, 5) is 4.54. The molecule has 23 heavy (non-hydrogen) atoms. The molecular formula is C19H22F2N2. The molecule has 2 aromatic carbocycles. The van der Waals surface area contributed by atoms with E-state index in [4.69, 9.17) is 0 Å². The van der Waals surface area contributed by atoms with E-state index in [1.54, 1.807) is 24.3 Å². The third-order valence-corrected chi connectivity index (χ3v) is 4.53. The summed E-state index contributed by atoms with van der Waals surface area (Å²) in [6, 6.07) is 6.33. The molecule has 0 unspecified atom stereocenters. The molecule has 1 heterocycles. The van der Waals surface area contributed by atoms with Crippen molar-refractivity contribution in [3.8, 4) is 0 Å². The number of hydrogen-bond acceptors (Lipinski definition) is 2. The number of benzene rings is 2. The van der Waals surface area contributed by atoms with Gasteiger partial charge in [0.25, 0.3) is 0 Å². The number of rotatable bonds is 2. The Morgan fingerprint density at radius 2 is 0.957 bits per heavy atom. The summed E-state index contributed by atoms with van der Waals surface area (Å²) >= 11 is 0. The van der Waals surface area contributed by atoms with Crippen molar-refractivity contribution in [2.75, 3.05) is 29.6 Å². The van der Waals surface area contributed by atoms with Crippen LogP contribution in [0.4, 0.5) is 20.2 Å². The lowest BCUT2D eigenvalue weighted by Gasteiger charge is -2.26. The topological polar surface area (TPSA) is 6.48 Å². The van der Waals surface area contributed by atoms with Gasteiger partial charge in [-0.2, -0.15) is 0 Å². The summed E-state index contributed by atoms with van der Waals surface area (Å²) in [7, 11) is 0. The molecule has 0 atom stereocenters.